The highest BCUT2D eigenvalue weighted by Gasteiger charge is 2.41. The van der Waals surface area contributed by atoms with Crippen LogP contribution in [0.5, 0.6) is 5.75 Å². The Bertz CT molecular complexity index is 574. The third kappa shape index (κ3) is 2.83. The predicted octanol–water partition coefficient (Wildman–Crippen LogP) is 2.67. The number of halogens is 1. The van der Waals surface area contributed by atoms with Crippen LogP contribution in [0.25, 0.3) is 0 Å². The van der Waals surface area contributed by atoms with Crippen LogP contribution in [0.15, 0.2) is 12.1 Å². The van der Waals surface area contributed by atoms with Crippen LogP contribution in [0.2, 0.25) is 5.02 Å². The van der Waals surface area contributed by atoms with Gasteiger partial charge in [0.2, 0.25) is 5.91 Å². The molecule has 0 fully saturated rings. The van der Waals surface area contributed by atoms with Gasteiger partial charge in [0, 0.05) is 24.1 Å². The van der Waals surface area contributed by atoms with E-state index in [0.717, 1.165) is 12.8 Å². The molecule has 0 saturated heterocycles. The topological polar surface area (TPSA) is 58.6 Å². The van der Waals surface area contributed by atoms with Crippen molar-refractivity contribution in [2.45, 2.75) is 32.7 Å². The van der Waals surface area contributed by atoms with Crippen molar-refractivity contribution in [1.82, 2.24) is 5.32 Å². The molecule has 1 atom stereocenters. The number of nitrogens with one attached hydrogen (secondary N) is 1. The summed E-state index contributed by atoms with van der Waals surface area (Å²) >= 11 is 6.26. The van der Waals surface area contributed by atoms with Crippen molar-refractivity contribution in [3.05, 3.63) is 22.7 Å². The quantitative estimate of drug-likeness (QED) is 0.909. The van der Waals surface area contributed by atoms with Crippen molar-refractivity contribution >= 4 is 29.1 Å². The summed E-state index contributed by atoms with van der Waals surface area (Å²) in [6.07, 6.45) is 1.83. The highest BCUT2D eigenvalue weighted by Crippen LogP contribution is 2.46. The molecule has 0 spiro atoms. The number of hydrogen-bond acceptors (Lipinski definition) is 3. The van der Waals surface area contributed by atoms with E-state index in [0.29, 0.717) is 28.6 Å². The molecule has 1 heterocycles. The lowest BCUT2D eigenvalue weighted by Crippen LogP contribution is -2.37. The average Bonchev–Trinajstić information content (AvgIpc) is 2.71. The van der Waals surface area contributed by atoms with E-state index in [-0.39, 0.29) is 11.8 Å². The number of rotatable bonds is 5. The van der Waals surface area contributed by atoms with Crippen LogP contribution in [-0.2, 0) is 9.59 Å². The minimum absolute atomic E-state index is 0.167. The smallest absolute Gasteiger partial charge is 0.254 e. The zero-order chi connectivity index (χ0) is 15.6. The number of carbonyl (C=O) groups excluding carboxylic acids is 2. The molecule has 0 aromatic heterocycles. The van der Waals surface area contributed by atoms with E-state index in [1.165, 1.54) is 6.92 Å². The zero-order valence-electron chi connectivity index (χ0n) is 12.4. The van der Waals surface area contributed by atoms with Gasteiger partial charge in [0.15, 0.2) is 0 Å². The fourth-order valence-corrected chi connectivity index (χ4v) is 2.81. The maximum Gasteiger partial charge on any atom is 0.254 e. The summed E-state index contributed by atoms with van der Waals surface area (Å²) in [5, 5.41) is 3.13. The van der Waals surface area contributed by atoms with Crippen molar-refractivity contribution in [3.8, 4) is 5.75 Å². The van der Waals surface area contributed by atoms with E-state index in [4.69, 9.17) is 16.3 Å². The maximum absolute atomic E-state index is 12.6. The first-order chi connectivity index (χ1) is 10.0. The van der Waals surface area contributed by atoms with Gasteiger partial charge in [-0.15, -0.1) is 0 Å². The molecule has 6 heteroatoms. The number of methoxy groups -OCH3 is 1. The molecule has 5 nitrogen and oxygen atoms in total. The molecule has 2 rings (SSSR count). The first-order valence-corrected chi connectivity index (χ1v) is 7.33. The number of fused-ring (bicyclic) bond motifs is 1. The normalized spacial score (nSPS) is 16.9. The van der Waals surface area contributed by atoms with Gasteiger partial charge in [-0.05, 0) is 18.6 Å². The van der Waals surface area contributed by atoms with Gasteiger partial charge in [-0.1, -0.05) is 24.9 Å². The van der Waals surface area contributed by atoms with Crippen molar-refractivity contribution in [2.24, 2.45) is 0 Å². The van der Waals surface area contributed by atoms with Crippen LogP contribution in [0, 0.1) is 0 Å². The van der Waals surface area contributed by atoms with Crippen LogP contribution >= 0.6 is 11.6 Å². The molecule has 1 aliphatic heterocycles. The fraction of sp³-hybridized carbons (Fsp3) is 0.467. The molecule has 2 amide bonds. The third-order valence-electron chi connectivity index (χ3n) is 3.50. The van der Waals surface area contributed by atoms with Crippen LogP contribution in [-0.4, -0.2) is 25.5 Å². The molecular weight excluding hydrogens is 292 g/mol. The molecule has 1 aliphatic rings. The highest BCUT2D eigenvalue weighted by molar-refractivity contribution is 6.33. The molecule has 0 saturated carbocycles. The zero-order valence-corrected chi connectivity index (χ0v) is 13.2. The number of hydrogen-bond donors (Lipinski definition) is 1. The maximum atomic E-state index is 12.6. The monoisotopic (exact) mass is 310 g/mol. The van der Waals surface area contributed by atoms with Crippen molar-refractivity contribution in [3.63, 3.8) is 0 Å². The molecule has 21 heavy (non-hydrogen) atoms. The number of unbranched alkanes of at least 4 members (excludes halogenated alkanes) is 1. The molecule has 0 radical (unpaired) electrons. The third-order valence-corrected chi connectivity index (χ3v) is 3.83. The van der Waals surface area contributed by atoms with Crippen LogP contribution in [0.3, 0.4) is 0 Å². The molecular formula is C15H19ClN2O3. The summed E-state index contributed by atoms with van der Waals surface area (Å²) in [4.78, 5) is 25.7. The first kappa shape index (κ1) is 15.6. The van der Waals surface area contributed by atoms with Crippen molar-refractivity contribution in [1.29, 1.82) is 0 Å². The summed E-state index contributed by atoms with van der Waals surface area (Å²) in [6.45, 7) is 4.02. The highest BCUT2D eigenvalue weighted by atomic mass is 35.5. The Morgan fingerprint density at radius 2 is 2.19 bits per heavy atom. The number of carbonyl (C=O) groups is 2. The molecule has 114 valence electrons. The lowest BCUT2D eigenvalue weighted by molar-refractivity contribution is -0.126. The summed E-state index contributed by atoms with van der Waals surface area (Å²) in [6, 6.07) is 2.69. The van der Waals surface area contributed by atoms with E-state index in [9.17, 15) is 9.59 Å². The Hall–Kier alpha value is -1.75. The molecule has 0 bridgehead atoms. The Balaban J connectivity index is 2.53. The van der Waals surface area contributed by atoms with Crippen LogP contribution in [0.4, 0.5) is 5.69 Å². The van der Waals surface area contributed by atoms with Crippen molar-refractivity contribution < 1.29 is 14.3 Å². The van der Waals surface area contributed by atoms with Gasteiger partial charge in [0.1, 0.15) is 11.8 Å². The molecule has 0 unspecified atom stereocenters. The van der Waals surface area contributed by atoms with E-state index in [2.05, 4.69) is 12.2 Å². The summed E-state index contributed by atoms with van der Waals surface area (Å²) in [5.74, 6) is 0.155. The van der Waals surface area contributed by atoms with E-state index < -0.39 is 6.04 Å². The molecule has 1 N–H and O–H groups in total. The van der Waals surface area contributed by atoms with Gasteiger partial charge in [0.25, 0.3) is 5.91 Å². The number of anilines is 1. The van der Waals surface area contributed by atoms with E-state index >= 15 is 0 Å². The molecule has 1 aromatic rings. The molecule has 0 aliphatic carbocycles. The Labute approximate surface area is 129 Å². The number of ether oxygens (including phenoxy) is 1. The Kier molecular flexibility index (Phi) is 4.73. The number of benzene rings is 1. The van der Waals surface area contributed by atoms with Crippen LogP contribution < -0.4 is 15.0 Å². The first-order valence-electron chi connectivity index (χ1n) is 6.96. The largest absolute Gasteiger partial charge is 0.495 e. The van der Waals surface area contributed by atoms with Crippen molar-refractivity contribution in [2.75, 3.05) is 18.6 Å². The lowest BCUT2D eigenvalue weighted by atomic mass is 10.1. The minimum Gasteiger partial charge on any atom is -0.495 e. The summed E-state index contributed by atoms with van der Waals surface area (Å²) < 4.78 is 5.36. The summed E-state index contributed by atoms with van der Waals surface area (Å²) in [5.41, 5.74) is 1.29. The van der Waals surface area contributed by atoms with Crippen LogP contribution in [0.1, 0.15) is 38.3 Å². The standard InChI is InChI=1S/C15H19ClN2O3/c1-4-5-8-18-14-11(21-3)7-6-10(16)12(14)13(15(18)20)17-9(2)19/h6-7,13H,4-5,8H2,1-3H3,(H,17,19)/t13-/m1/s1. The van der Waals surface area contributed by atoms with Gasteiger partial charge >= 0.3 is 0 Å². The predicted molar refractivity (Wildman–Crippen MR) is 81.8 cm³/mol. The fourth-order valence-electron chi connectivity index (χ4n) is 2.55. The Morgan fingerprint density at radius 3 is 2.76 bits per heavy atom. The SMILES string of the molecule is CCCCN1C(=O)[C@H](NC(C)=O)c2c(Cl)ccc(OC)c21. The van der Waals surface area contributed by atoms with E-state index in [1.807, 2.05) is 0 Å². The van der Waals surface area contributed by atoms with Gasteiger partial charge in [0.05, 0.1) is 12.8 Å². The second-order valence-corrected chi connectivity index (χ2v) is 5.40. The van der Waals surface area contributed by atoms with Gasteiger partial charge in [-0.2, -0.15) is 0 Å². The van der Waals surface area contributed by atoms with Gasteiger partial charge in [-0.25, -0.2) is 0 Å². The number of nitrogens with zero attached hydrogens (tertiary/aromatic N) is 1. The lowest BCUT2D eigenvalue weighted by Gasteiger charge is -2.19. The van der Waals surface area contributed by atoms with Gasteiger partial charge < -0.3 is 15.0 Å². The Morgan fingerprint density at radius 1 is 1.48 bits per heavy atom. The number of amides is 2. The second-order valence-electron chi connectivity index (χ2n) is 4.99. The van der Waals surface area contributed by atoms with Gasteiger partial charge in [-0.3, -0.25) is 9.59 Å². The second kappa shape index (κ2) is 6.35. The summed E-state index contributed by atoms with van der Waals surface area (Å²) in [7, 11) is 1.55. The minimum atomic E-state index is -0.739. The molecule has 1 aromatic carbocycles. The average molecular weight is 311 g/mol. The van der Waals surface area contributed by atoms with E-state index in [1.54, 1.807) is 24.1 Å².